The first-order chi connectivity index (χ1) is 12.0. The van der Waals surface area contributed by atoms with E-state index in [1.165, 1.54) is 11.8 Å². The average Bonchev–Trinajstić information content (AvgIpc) is 2.62. The van der Waals surface area contributed by atoms with Gasteiger partial charge in [0.2, 0.25) is 5.91 Å². The lowest BCUT2D eigenvalue weighted by atomic mass is 10.1. The summed E-state index contributed by atoms with van der Waals surface area (Å²) in [6, 6.07) is 14.2. The van der Waals surface area contributed by atoms with Crippen LogP contribution in [-0.2, 0) is 4.79 Å². The number of carbonyl (C=O) groups excluding carboxylic acids is 2. The summed E-state index contributed by atoms with van der Waals surface area (Å²) in [4.78, 5) is 25.6. The molecule has 0 aliphatic heterocycles. The van der Waals surface area contributed by atoms with E-state index in [4.69, 9.17) is 11.6 Å². The monoisotopic (exact) mass is 374 g/mol. The fourth-order valence-electron chi connectivity index (χ4n) is 2.06. The third kappa shape index (κ3) is 5.66. The Morgan fingerprint density at radius 2 is 1.88 bits per heavy atom. The second kappa shape index (κ2) is 9.30. The van der Waals surface area contributed by atoms with Gasteiger partial charge in [-0.3, -0.25) is 9.59 Å². The first-order valence-corrected chi connectivity index (χ1v) is 8.98. The molecule has 0 saturated heterocycles. The molecule has 0 radical (unpaired) electrons. The van der Waals surface area contributed by atoms with Crippen molar-refractivity contribution in [2.24, 2.45) is 0 Å². The predicted octanol–water partition coefficient (Wildman–Crippen LogP) is 4.38. The van der Waals surface area contributed by atoms with Crippen molar-refractivity contribution in [1.29, 1.82) is 0 Å². The molecule has 2 amide bonds. The number of benzene rings is 2. The van der Waals surface area contributed by atoms with Crippen molar-refractivity contribution in [3.8, 4) is 0 Å². The first-order valence-electron chi connectivity index (χ1n) is 7.72. The van der Waals surface area contributed by atoms with Crippen LogP contribution in [0.4, 0.5) is 5.69 Å². The molecule has 0 aromatic heterocycles. The molecule has 0 aliphatic rings. The summed E-state index contributed by atoms with van der Waals surface area (Å²) in [5.41, 5.74) is 0.902. The lowest BCUT2D eigenvalue weighted by molar-refractivity contribution is -0.115. The van der Waals surface area contributed by atoms with Crippen molar-refractivity contribution in [3.63, 3.8) is 0 Å². The second-order valence-electron chi connectivity index (χ2n) is 5.25. The van der Waals surface area contributed by atoms with E-state index in [9.17, 15) is 9.59 Å². The lowest BCUT2D eigenvalue weighted by Gasteiger charge is -2.14. The Morgan fingerprint density at radius 3 is 2.56 bits per heavy atom. The Labute approximate surface area is 156 Å². The van der Waals surface area contributed by atoms with Gasteiger partial charge in [0.15, 0.2) is 0 Å². The van der Waals surface area contributed by atoms with Crippen LogP contribution in [0.15, 0.2) is 66.1 Å². The zero-order chi connectivity index (χ0) is 18.2. The number of hydrogen-bond acceptors (Lipinski definition) is 3. The number of nitrogens with one attached hydrogen (secondary N) is 2. The molecule has 1 unspecified atom stereocenters. The number of hydrogen-bond donors (Lipinski definition) is 2. The summed E-state index contributed by atoms with van der Waals surface area (Å²) in [6.07, 6.45) is 1.60. The number of rotatable bonds is 7. The summed E-state index contributed by atoms with van der Waals surface area (Å²) in [5.74, 6) is -0.433. The molecule has 2 rings (SSSR count). The quantitative estimate of drug-likeness (QED) is 0.558. The highest BCUT2D eigenvalue weighted by Crippen LogP contribution is 2.26. The van der Waals surface area contributed by atoms with Gasteiger partial charge in [-0.25, -0.2) is 0 Å². The fraction of sp³-hybridized carbons (Fsp3) is 0.158. The smallest absolute Gasteiger partial charge is 0.253 e. The van der Waals surface area contributed by atoms with Crippen molar-refractivity contribution in [1.82, 2.24) is 5.32 Å². The normalized spacial score (nSPS) is 11.4. The summed E-state index contributed by atoms with van der Waals surface area (Å²) in [6.45, 7) is 5.75. The Morgan fingerprint density at radius 1 is 1.20 bits per heavy atom. The van der Waals surface area contributed by atoms with Crippen LogP contribution in [-0.4, -0.2) is 23.6 Å². The molecule has 2 aromatic rings. The van der Waals surface area contributed by atoms with Gasteiger partial charge in [0.1, 0.15) is 0 Å². The molecule has 0 saturated carbocycles. The summed E-state index contributed by atoms with van der Waals surface area (Å²) < 4.78 is 0. The Hall–Kier alpha value is -2.24. The summed E-state index contributed by atoms with van der Waals surface area (Å²) in [5, 5.41) is 5.86. The van der Waals surface area contributed by atoms with Gasteiger partial charge in [-0.2, -0.15) is 0 Å². The van der Waals surface area contributed by atoms with Gasteiger partial charge in [-0.05, 0) is 43.3 Å². The average molecular weight is 375 g/mol. The van der Waals surface area contributed by atoms with Crippen molar-refractivity contribution < 1.29 is 9.59 Å². The maximum atomic E-state index is 12.5. The van der Waals surface area contributed by atoms with Crippen LogP contribution in [0.3, 0.4) is 0 Å². The molecule has 1 atom stereocenters. The zero-order valence-corrected chi connectivity index (χ0v) is 15.4. The number of thioether (sulfide) groups is 1. The van der Waals surface area contributed by atoms with E-state index in [2.05, 4.69) is 17.2 Å². The zero-order valence-electron chi connectivity index (χ0n) is 13.8. The van der Waals surface area contributed by atoms with Gasteiger partial charge in [-0.15, -0.1) is 18.3 Å². The van der Waals surface area contributed by atoms with Gasteiger partial charge >= 0.3 is 0 Å². The maximum absolute atomic E-state index is 12.5. The summed E-state index contributed by atoms with van der Waals surface area (Å²) >= 11 is 7.29. The molecule has 0 fully saturated rings. The van der Waals surface area contributed by atoms with Crippen molar-refractivity contribution >= 4 is 40.9 Å². The highest BCUT2D eigenvalue weighted by Gasteiger charge is 2.17. The van der Waals surface area contributed by atoms with E-state index in [1.807, 2.05) is 19.1 Å². The van der Waals surface area contributed by atoms with Crippen molar-refractivity contribution in [2.75, 3.05) is 11.9 Å². The van der Waals surface area contributed by atoms with Gasteiger partial charge in [0.05, 0.1) is 16.5 Å². The Bertz CT molecular complexity index is 762. The van der Waals surface area contributed by atoms with Crippen LogP contribution >= 0.6 is 23.4 Å². The molecule has 0 spiro atoms. The van der Waals surface area contributed by atoms with Gasteiger partial charge in [0, 0.05) is 16.5 Å². The SMILES string of the molecule is C=CCNC(=O)c1ccccc1NC(=O)C(C)Sc1ccc(Cl)cc1. The first kappa shape index (κ1) is 19.1. The molecule has 25 heavy (non-hydrogen) atoms. The Balaban J connectivity index is 2.05. The molecule has 4 nitrogen and oxygen atoms in total. The van der Waals surface area contributed by atoms with Crippen LogP contribution in [0.5, 0.6) is 0 Å². The third-order valence-electron chi connectivity index (χ3n) is 3.33. The minimum atomic E-state index is -0.328. The molecule has 0 aliphatic carbocycles. The molecule has 2 aromatic carbocycles. The van der Waals surface area contributed by atoms with E-state index < -0.39 is 0 Å². The fourth-order valence-corrected chi connectivity index (χ4v) is 3.05. The van der Waals surface area contributed by atoms with E-state index in [0.29, 0.717) is 22.8 Å². The van der Waals surface area contributed by atoms with Crippen molar-refractivity contribution in [3.05, 3.63) is 71.8 Å². The van der Waals surface area contributed by atoms with Crippen LogP contribution in [0.2, 0.25) is 5.02 Å². The van der Waals surface area contributed by atoms with Crippen molar-refractivity contribution in [2.45, 2.75) is 17.1 Å². The molecule has 130 valence electrons. The molecule has 6 heteroatoms. The molecule has 0 heterocycles. The molecule has 0 bridgehead atoms. The maximum Gasteiger partial charge on any atom is 0.253 e. The highest BCUT2D eigenvalue weighted by molar-refractivity contribution is 8.00. The lowest BCUT2D eigenvalue weighted by Crippen LogP contribution is -2.27. The molecular weight excluding hydrogens is 356 g/mol. The van der Waals surface area contributed by atoms with Crippen LogP contribution in [0.25, 0.3) is 0 Å². The van der Waals surface area contributed by atoms with E-state index in [1.54, 1.807) is 42.5 Å². The number of carbonyl (C=O) groups is 2. The minimum absolute atomic E-state index is 0.177. The molecule has 2 N–H and O–H groups in total. The minimum Gasteiger partial charge on any atom is -0.349 e. The predicted molar refractivity (Wildman–Crippen MR) is 104 cm³/mol. The third-order valence-corrected chi connectivity index (χ3v) is 4.70. The number of anilines is 1. The second-order valence-corrected chi connectivity index (χ2v) is 7.10. The largest absolute Gasteiger partial charge is 0.349 e. The summed E-state index contributed by atoms with van der Waals surface area (Å²) in [7, 11) is 0. The van der Waals surface area contributed by atoms with Crippen LogP contribution in [0, 0.1) is 0 Å². The van der Waals surface area contributed by atoms with Gasteiger partial charge < -0.3 is 10.6 Å². The van der Waals surface area contributed by atoms with E-state index >= 15 is 0 Å². The Kier molecular flexibility index (Phi) is 7.10. The van der Waals surface area contributed by atoms with Gasteiger partial charge in [-0.1, -0.05) is 29.8 Å². The molecular formula is C19H19ClN2O2S. The van der Waals surface area contributed by atoms with E-state index in [-0.39, 0.29) is 17.1 Å². The van der Waals surface area contributed by atoms with Crippen LogP contribution < -0.4 is 10.6 Å². The number of amides is 2. The number of para-hydroxylation sites is 1. The van der Waals surface area contributed by atoms with Gasteiger partial charge in [0.25, 0.3) is 5.91 Å². The standard InChI is InChI=1S/C19H19ClN2O2S/c1-3-12-21-19(24)16-6-4-5-7-17(16)22-18(23)13(2)25-15-10-8-14(20)9-11-15/h3-11,13H,1,12H2,2H3,(H,21,24)(H,22,23). The highest BCUT2D eigenvalue weighted by atomic mass is 35.5. The number of halogens is 1. The van der Waals surface area contributed by atoms with Crippen LogP contribution in [0.1, 0.15) is 17.3 Å². The van der Waals surface area contributed by atoms with E-state index in [0.717, 1.165) is 4.90 Å². The topological polar surface area (TPSA) is 58.2 Å².